The van der Waals surface area contributed by atoms with E-state index < -0.39 is 13.4 Å². The molecule has 4 aromatic rings. The van der Waals surface area contributed by atoms with E-state index in [9.17, 15) is 5.11 Å². The van der Waals surface area contributed by atoms with E-state index in [1.165, 1.54) is 15.9 Å². The van der Waals surface area contributed by atoms with Gasteiger partial charge in [-0.1, -0.05) is 70.5 Å². The van der Waals surface area contributed by atoms with Gasteiger partial charge in [0.15, 0.2) is 6.79 Å². The zero-order valence-electron chi connectivity index (χ0n) is 20.5. The summed E-state index contributed by atoms with van der Waals surface area (Å²) in [6.07, 6.45) is 0.941. The Bertz CT molecular complexity index is 1070. The normalized spacial score (nSPS) is 13.2. The molecular weight excluding hydrogens is 531 g/mol. The number of rotatable bonds is 12. The number of aliphatic hydroxyl groups is 1. The minimum atomic E-state index is -2.13. The van der Waals surface area contributed by atoms with Gasteiger partial charge in [0, 0.05) is 4.47 Å². The smallest absolute Gasteiger partial charge is 0.189 e. The van der Waals surface area contributed by atoms with Crippen LogP contribution in [0.2, 0.25) is 0 Å². The Morgan fingerprint density at radius 2 is 1.19 bits per heavy atom. The van der Waals surface area contributed by atoms with Crippen LogP contribution in [0.4, 0.5) is 0 Å². The molecule has 0 saturated carbocycles. The first-order valence-corrected chi connectivity index (χ1v) is 15.0. The third kappa shape index (κ3) is 6.25. The fourth-order valence-corrected chi connectivity index (χ4v) is 9.90. The Labute approximate surface area is 223 Å². The molecule has 0 saturated heterocycles. The van der Waals surface area contributed by atoms with Crippen LogP contribution >= 0.6 is 23.2 Å². The minimum absolute atomic E-state index is 0.0312. The number of ether oxygens (including phenoxy) is 2. The number of hydrogen-bond donors (Lipinski definition) is 1. The molecular formula is C31H33BrO3P+. The molecule has 4 rings (SSSR count). The lowest BCUT2D eigenvalue weighted by Crippen LogP contribution is -2.42. The first kappa shape index (κ1) is 26.6. The molecule has 4 aromatic carbocycles. The number of benzene rings is 4. The lowest BCUT2D eigenvalue weighted by atomic mass is 10.1. The van der Waals surface area contributed by atoms with Crippen molar-refractivity contribution < 1.29 is 14.6 Å². The van der Waals surface area contributed by atoms with Gasteiger partial charge in [-0.05, 0) is 80.4 Å². The fraction of sp³-hybridized carbons (Fsp3) is 0.226. The predicted molar refractivity (Wildman–Crippen MR) is 155 cm³/mol. The summed E-state index contributed by atoms with van der Waals surface area (Å²) < 4.78 is 12.4. The Hall–Kier alpha value is -2.49. The second-order valence-corrected chi connectivity index (χ2v) is 13.5. The van der Waals surface area contributed by atoms with Crippen LogP contribution in [0.25, 0.3) is 0 Å². The maximum atomic E-state index is 11.5. The Morgan fingerprint density at radius 3 is 1.67 bits per heavy atom. The summed E-state index contributed by atoms with van der Waals surface area (Å²) in [6, 6.07) is 39.8. The van der Waals surface area contributed by atoms with Crippen molar-refractivity contribution in [1.29, 1.82) is 0 Å². The maximum absolute atomic E-state index is 11.5. The Morgan fingerprint density at radius 1 is 0.722 bits per heavy atom. The summed E-state index contributed by atoms with van der Waals surface area (Å²) >= 11 is 3.42. The van der Waals surface area contributed by atoms with Gasteiger partial charge >= 0.3 is 0 Å². The van der Waals surface area contributed by atoms with Crippen molar-refractivity contribution in [2.45, 2.75) is 31.5 Å². The quantitative estimate of drug-likeness (QED) is 0.124. The lowest BCUT2D eigenvalue weighted by molar-refractivity contribution is 0.00956. The summed E-state index contributed by atoms with van der Waals surface area (Å²) in [5, 5.41) is 15.4. The molecule has 0 radical (unpaired) electrons. The van der Waals surface area contributed by atoms with Crippen LogP contribution in [0.15, 0.2) is 120 Å². The van der Waals surface area contributed by atoms with E-state index in [-0.39, 0.29) is 12.5 Å². The Balaban J connectivity index is 1.49. The average Bonchev–Trinajstić information content (AvgIpc) is 2.93. The largest absolute Gasteiger partial charge is 0.468 e. The monoisotopic (exact) mass is 563 g/mol. The summed E-state index contributed by atoms with van der Waals surface area (Å²) in [7, 11) is -2.13. The number of hydrogen-bond acceptors (Lipinski definition) is 3. The molecule has 36 heavy (non-hydrogen) atoms. The van der Waals surface area contributed by atoms with E-state index >= 15 is 0 Å². The molecule has 1 N–H and O–H groups in total. The van der Waals surface area contributed by atoms with Gasteiger partial charge in [0.05, 0.1) is 12.7 Å². The molecule has 0 fully saturated rings. The van der Waals surface area contributed by atoms with E-state index in [0.29, 0.717) is 13.0 Å². The highest BCUT2D eigenvalue weighted by molar-refractivity contribution is 9.10. The van der Waals surface area contributed by atoms with E-state index in [2.05, 4.69) is 114 Å². The topological polar surface area (TPSA) is 38.7 Å². The minimum Gasteiger partial charge on any atom is -0.468 e. The second-order valence-electron chi connectivity index (χ2n) is 8.80. The summed E-state index contributed by atoms with van der Waals surface area (Å²) in [4.78, 5) is 0. The van der Waals surface area contributed by atoms with Gasteiger partial charge in [0.25, 0.3) is 0 Å². The average molecular weight is 564 g/mol. The maximum Gasteiger partial charge on any atom is 0.189 e. The summed E-state index contributed by atoms with van der Waals surface area (Å²) in [5.41, 5.74) is 0.0312. The second kappa shape index (κ2) is 13.2. The molecule has 0 bridgehead atoms. The first-order chi connectivity index (χ1) is 17.6. The molecule has 5 heteroatoms. The molecule has 0 heterocycles. The van der Waals surface area contributed by atoms with Gasteiger partial charge < -0.3 is 14.6 Å². The van der Waals surface area contributed by atoms with Crippen LogP contribution in [0.3, 0.4) is 0 Å². The van der Waals surface area contributed by atoms with Crippen molar-refractivity contribution in [3.8, 4) is 5.75 Å². The highest BCUT2D eigenvalue weighted by Crippen LogP contribution is 2.60. The van der Waals surface area contributed by atoms with Crippen LogP contribution in [0, 0.1) is 0 Å². The first-order valence-electron chi connectivity index (χ1n) is 12.3. The van der Waals surface area contributed by atoms with Crippen molar-refractivity contribution in [1.82, 2.24) is 0 Å². The van der Waals surface area contributed by atoms with Gasteiger partial charge in [-0.2, -0.15) is 0 Å². The summed E-state index contributed by atoms with van der Waals surface area (Å²) in [5.74, 6) is 0.773. The van der Waals surface area contributed by atoms with Crippen molar-refractivity contribution in [2.24, 2.45) is 0 Å². The molecule has 0 aliphatic heterocycles. The zero-order valence-corrected chi connectivity index (χ0v) is 23.0. The van der Waals surface area contributed by atoms with Crippen LogP contribution in [0.5, 0.6) is 5.75 Å². The van der Waals surface area contributed by atoms with E-state index in [4.69, 9.17) is 9.47 Å². The SMILES string of the molecule is C[C@@H]([C@@H](O)CCCOCOc1ccc(Br)cc1)[P+](c1ccccc1)(c1ccccc1)c1ccccc1. The molecule has 0 aliphatic rings. The molecule has 186 valence electrons. The highest BCUT2D eigenvalue weighted by Gasteiger charge is 2.52. The van der Waals surface area contributed by atoms with Gasteiger partial charge in [0.2, 0.25) is 0 Å². The molecule has 2 atom stereocenters. The van der Waals surface area contributed by atoms with Crippen molar-refractivity contribution >= 4 is 39.1 Å². The number of halogens is 1. The molecule has 0 aromatic heterocycles. The Kier molecular flexibility index (Phi) is 9.72. The summed E-state index contributed by atoms with van der Waals surface area (Å²) in [6.45, 7) is 2.94. The van der Waals surface area contributed by atoms with Crippen LogP contribution < -0.4 is 20.7 Å². The van der Waals surface area contributed by atoms with Crippen molar-refractivity contribution in [2.75, 3.05) is 13.4 Å². The standard InChI is InChI=1S/C31H33BrO3P/c1-25(31(33)18-11-23-34-24-35-27-21-19-26(32)20-22-27)36(28-12-5-2-6-13-28,29-14-7-3-8-15-29)30-16-9-4-10-17-30/h2-10,12-17,19-22,25,31,33H,11,18,23-24H2,1H3/q+1/t25-,31-/m0/s1. The van der Waals surface area contributed by atoms with Gasteiger partial charge in [-0.15, -0.1) is 0 Å². The van der Waals surface area contributed by atoms with Crippen LogP contribution in [-0.2, 0) is 4.74 Å². The zero-order chi connectivity index (χ0) is 25.2. The van der Waals surface area contributed by atoms with Gasteiger partial charge in [-0.25, -0.2) is 0 Å². The van der Waals surface area contributed by atoms with Gasteiger partial charge in [0.1, 0.15) is 34.6 Å². The van der Waals surface area contributed by atoms with E-state index in [1.54, 1.807) is 0 Å². The van der Waals surface area contributed by atoms with Gasteiger partial charge in [-0.3, -0.25) is 0 Å². The lowest BCUT2D eigenvalue weighted by Gasteiger charge is -2.35. The molecule has 0 aliphatic carbocycles. The number of aliphatic hydroxyl groups excluding tert-OH is 1. The third-order valence-corrected chi connectivity index (χ3v) is 12.0. The van der Waals surface area contributed by atoms with Crippen LogP contribution in [-0.4, -0.2) is 30.3 Å². The van der Waals surface area contributed by atoms with E-state index in [1.807, 2.05) is 24.3 Å². The van der Waals surface area contributed by atoms with E-state index in [0.717, 1.165) is 16.6 Å². The third-order valence-electron chi connectivity index (χ3n) is 6.57. The molecule has 0 spiro atoms. The van der Waals surface area contributed by atoms with Crippen molar-refractivity contribution in [3.05, 3.63) is 120 Å². The van der Waals surface area contributed by atoms with Crippen LogP contribution in [0.1, 0.15) is 19.8 Å². The molecule has 0 unspecified atom stereocenters. The molecule has 3 nitrogen and oxygen atoms in total. The fourth-order valence-electron chi connectivity index (χ4n) is 4.74. The predicted octanol–water partition coefficient (Wildman–Crippen LogP) is 6.33. The highest BCUT2D eigenvalue weighted by atomic mass is 79.9. The van der Waals surface area contributed by atoms with Crippen molar-refractivity contribution in [3.63, 3.8) is 0 Å². The molecule has 0 amide bonds.